The number of amides is 1. The lowest BCUT2D eigenvalue weighted by Gasteiger charge is -2.20. The highest BCUT2D eigenvalue weighted by Crippen LogP contribution is 2.41. The van der Waals surface area contributed by atoms with E-state index in [1.807, 2.05) is 25.1 Å². The molecule has 1 heterocycles. The van der Waals surface area contributed by atoms with Crippen LogP contribution in [0.1, 0.15) is 24.1 Å². The predicted octanol–water partition coefficient (Wildman–Crippen LogP) is 3.10. The lowest BCUT2D eigenvalue weighted by Crippen LogP contribution is -2.39. The Morgan fingerprint density at radius 1 is 1.11 bits per heavy atom. The van der Waals surface area contributed by atoms with E-state index in [9.17, 15) is 13.2 Å². The molecular weight excluding hydrogens is 374 g/mol. The van der Waals surface area contributed by atoms with E-state index in [0.29, 0.717) is 16.6 Å². The smallest absolute Gasteiger partial charge is 0.265 e. The Morgan fingerprint density at radius 2 is 1.79 bits per heavy atom. The number of carbonyl (C=O) groups excluding carboxylic acids is 1. The molecule has 0 aliphatic carbocycles. The molecule has 4 rings (SSSR count). The van der Waals surface area contributed by atoms with Crippen molar-refractivity contribution >= 4 is 32.4 Å². The molecule has 6 nitrogen and oxygen atoms in total. The largest absolute Gasteiger partial charge is 0.348 e. The van der Waals surface area contributed by atoms with Gasteiger partial charge in [0.05, 0.1) is 28.3 Å². The molecule has 1 aliphatic rings. The van der Waals surface area contributed by atoms with Gasteiger partial charge in [-0.3, -0.25) is 9.10 Å². The van der Waals surface area contributed by atoms with Crippen LogP contribution < -0.4 is 9.62 Å². The first-order valence-electron chi connectivity index (χ1n) is 8.76. The van der Waals surface area contributed by atoms with Crippen LogP contribution in [0.3, 0.4) is 0 Å². The number of nitriles is 1. The van der Waals surface area contributed by atoms with Crippen molar-refractivity contribution in [3.8, 4) is 6.07 Å². The minimum atomic E-state index is -3.77. The van der Waals surface area contributed by atoms with Crippen LogP contribution in [-0.4, -0.2) is 20.9 Å². The van der Waals surface area contributed by atoms with Gasteiger partial charge in [-0.2, -0.15) is 5.26 Å². The first kappa shape index (κ1) is 18.0. The third kappa shape index (κ3) is 2.88. The molecule has 0 radical (unpaired) electrons. The van der Waals surface area contributed by atoms with Crippen LogP contribution in [0.2, 0.25) is 0 Å². The van der Waals surface area contributed by atoms with Gasteiger partial charge in [-0.05, 0) is 42.1 Å². The lowest BCUT2D eigenvalue weighted by atomic mass is 10.1. The van der Waals surface area contributed by atoms with Crippen molar-refractivity contribution in [1.82, 2.24) is 5.32 Å². The van der Waals surface area contributed by atoms with Crippen molar-refractivity contribution in [2.45, 2.75) is 17.9 Å². The molecule has 1 unspecified atom stereocenters. The second kappa shape index (κ2) is 6.66. The van der Waals surface area contributed by atoms with Gasteiger partial charge in [0.1, 0.15) is 6.54 Å². The van der Waals surface area contributed by atoms with Crippen molar-refractivity contribution in [3.63, 3.8) is 0 Å². The first-order chi connectivity index (χ1) is 13.4. The number of carbonyl (C=O) groups is 1. The fraction of sp³-hybridized carbons (Fsp3) is 0.143. The van der Waals surface area contributed by atoms with Crippen LogP contribution in [0.5, 0.6) is 0 Å². The van der Waals surface area contributed by atoms with Crippen molar-refractivity contribution < 1.29 is 13.2 Å². The summed E-state index contributed by atoms with van der Waals surface area (Å²) in [6.07, 6.45) is 0. The Labute approximate surface area is 163 Å². The summed E-state index contributed by atoms with van der Waals surface area (Å²) in [6, 6.07) is 19.1. The van der Waals surface area contributed by atoms with Gasteiger partial charge in [-0.25, -0.2) is 8.42 Å². The molecule has 1 amide bonds. The van der Waals surface area contributed by atoms with E-state index in [2.05, 4.69) is 5.32 Å². The summed E-state index contributed by atoms with van der Waals surface area (Å²) >= 11 is 0. The van der Waals surface area contributed by atoms with Crippen LogP contribution in [0, 0.1) is 11.3 Å². The molecule has 140 valence electrons. The molecular formula is C21H17N3O3S. The van der Waals surface area contributed by atoms with Gasteiger partial charge in [0.25, 0.3) is 10.0 Å². The zero-order chi connectivity index (χ0) is 19.9. The van der Waals surface area contributed by atoms with Crippen LogP contribution in [0.25, 0.3) is 10.8 Å². The monoisotopic (exact) mass is 391 g/mol. The molecule has 0 saturated carbocycles. The van der Waals surface area contributed by atoms with Gasteiger partial charge in [0, 0.05) is 5.39 Å². The Kier molecular flexibility index (Phi) is 4.28. The fourth-order valence-electron chi connectivity index (χ4n) is 3.48. The van der Waals surface area contributed by atoms with Gasteiger partial charge in [0.2, 0.25) is 5.91 Å². The molecule has 1 N–H and O–H groups in total. The average molecular weight is 391 g/mol. The molecule has 0 spiro atoms. The fourth-order valence-corrected chi connectivity index (χ4v) is 5.14. The second-order valence-corrected chi connectivity index (χ2v) is 8.50. The molecule has 1 aliphatic heterocycles. The Balaban J connectivity index is 1.57. The van der Waals surface area contributed by atoms with Crippen molar-refractivity contribution in [2.24, 2.45) is 0 Å². The predicted molar refractivity (Wildman–Crippen MR) is 106 cm³/mol. The van der Waals surface area contributed by atoms with Gasteiger partial charge in [0.15, 0.2) is 0 Å². The van der Waals surface area contributed by atoms with Crippen molar-refractivity contribution in [3.05, 3.63) is 71.8 Å². The van der Waals surface area contributed by atoms with E-state index >= 15 is 0 Å². The maximum Gasteiger partial charge on any atom is 0.265 e. The number of nitrogens with zero attached hydrogens (tertiary/aromatic N) is 2. The number of hydrogen-bond acceptors (Lipinski definition) is 4. The third-order valence-corrected chi connectivity index (χ3v) is 6.69. The molecule has 0 bridgehead atoms. The first-order valence-corrected chi connectivity index (χ1v) is 10.2. The Hall–Kier alpha value is -3.37. The number of benzene rings is 3. The number of sulfonamides is 1. The van der Waals surface area contributed by atoms with Crippen LogP contribution in [0.15, 0.2) is 65.6 Å². The number of anilines is 1. The van der Waals surface area contributed by atoms with Crippen molar-refractivity contribution in [2.75, 3.05) is 10.8 Å². The van der Waals surface area contributed by atoms with E-state index in [4.69, 9.17) is 5.26 Å². The van der Waals surface area contributed by atoms with Crippen LogP contribution >= 0.6 is 0 Å². The molecule has 0 fully saturated rings. The average Bonchev–Trinajstić information content (AvgIpc) is 2.91. The zero-order valence-corrected chi connectivity index (χ0v) is 15.9. The molecule has 7 heteroatoms. The van der Waals surface area contributed by atoms with E-state index in [-0.39, 0.29) is 17.5 Å². The molecule has 3 aromatic carbocycles. The van der Waals surface area contributed by atoms with E-state index < -0.39 is 15.9 Å². The Bertz CT molecular complexity index is 1220. The second-order valence-electron chi connectivity index (χ2n) is 6.67. The molecule has 0 aromatic heterocycles. The minimum Gasteiger partial charge on any atom is -0.348 e. The third-order valence-electron chi connectivity index (χ3n) is 4.89. The number of hydrogen-bond donors (Lipinski definition) is 1. The zero-order valence-electron chi connectivity index (χ0n) is 15.1. The highest BCUT2D eigenvalue weighted by Gasteiger charge is 2.36. The number of nitrogens with one attached hydrogen (secondary N) is 1. The Morgan fingerprint density at radius 3 is 2.46 bits per heavy atom. The molecule has 28 heavy (non-hydrogen) atoms. The quantitative estimate of drug-likeness (QED) is 0.740. The highest BCUT2D eigenvalue weighted by atomic mass is 32.2. The minimum absolute atomic E-state index is 0.230. The summed E-state index contributed by atoms with van der Waals surface area (Å²) in [7, 11) is -3.77. The molecule has 0 saturated heterocycles. The SMILES string of the molecule is CC(NC(=O)CN1c2cccc3cccc(c23)S1(=O)=O)c1ccc(C#N)cc1. The standard InChI is InChI=1S/C21H17N3O3S/c1-14(16-10-8-15(12-22)9-11-16)23-20(25)13-24-18-6-2-4-17-5-3-7-19(21(17)18)28(24,26)27/h2-11,14H,13H2,1H3,(H,23,25). The summed E-state index contributed by atoms with van der Waals surface area (Å²) in [5.41, 5.74) is 1.90. The van der Waals surface area contributed by atoms with Crippen molar-refractivity contribution in [1.29, 1.82) is 5.26 Å². The van der Waals surface area contributed by atoms with Gasteiger partial charge in [-0.15, -0.1) is 0 Å². The van der Waals surface area contributed by atoms with Gasteiger partial charge < -0.3 is 5.32 Å². The summed E-state index contributed by atoms with van der Waals surface area (Å²) < 4.78 is 27.0. The van der Waals surface area contributed by atoms with E-state index in [1.54, 1.807) is 48.5 Å². The normalized spacial score (nSPS) is 15.2. The highest BCUT2D eigenvalue weighted by molar-refractivity contribution is 7.93. The number of rotatable bonds is 4. The molecule has 1 atom stereocenters. The van der Waals surface area contributed by atoms with Crippen LogP contribution in [-0.2, 0) is 14.8 Å². The van der Waals surface area contributed by atoms with Gasteiger partial charge >= 0.3 is 0 Å². The summed E-state index contributed by atoms with van der Waals surface area (Å²) in [5, 5.41) is 13.2. The van der Waals surface area contributed by atoms with Crippen LogP contribution in [0.4, 0.5) is 5.69 Å². The van der Waals surface area contributed by atoms with E-state index in [1.165, 1.54) is 0 Å². The molecule has 3 aromatic rings. The van der Waals surface area contributed by atoms with E-state index in [0.717, 1.165) is 15.3 Å². The summed E-state index contributed by atoms with van der Waals surface area (Å²) in [5.74, 6) is -0.398. The summed E-state index contributed by atoms with van der Waals surface area (Å²) in [6.45, 7) is 1.52. The topological polar surface area (TPSA) is 90.3 Å². The summed E-state index contributed by atoms with van der Waals surface area (Å²) in [4.78, 5) is 12.8. The van der Waals surface area contributed by atoms with Gasteiger partial charge in [-0.1, -0.05) is 36.4 Å². The maximum absolute atomic E-state index is 12.9. The maximum atomic E-state index is 12.9. The lowest BCUT2D eigenvalue weighted by molar-refractivity contribution is -0.120.